The Kier molecular flexibility index (Phi) is 6.00. The SMILES string of the molecule is COc1ccc2c3c(n(C)c2c1)[C@H](CO)N(C(=O)Cc1ccccn1)CC31CCN(CC2CC2)CC1. The third-order valence-corrected chi connectivity index (χ3v) is 8.73. The minimum absolute atomic E-state index is 0.0287. The van der Waals surface area contributed by atoms with E-state index < -0.39 is 0 Å². The molecule has 2 fully saturated rings. The Balaban J connectivity index is 1.43. The van der Waals surface area contributed by atoms with Gasteiger partial charge in [0, 0.05) is 54.6 Å². The van der Waals surface area contributed by atoms with Crippen LogP contribution in [0.4, 0.5) is 0 Å². The molecule has 4 heterocycles. The Morgan fingerprint density at radius 3 is 2.67 bits per heavy atom. The van der Waals surface area contributed by atoms with E-state index in [1.807, 2.05) is 29.2 Å². The number of amides is 1. The molecular formula is C29H36N4O3. The molecule has 1 spiro atoms. The van der Waals surface area contributed by atoms with E-state index in [4.69, 9.17) is 4.74 Å². The highest BCUT2D eigenvalue weighted by atomic mass is 16.5. The van der Waals surface area contributed by atoms with Crippen molar-refractivity contribution in [1.29, 1.82) is 0 Å². The first kappa shape index (κ1) is 23.5. The zero-order valence-electron chi connectivity index (χ0n) is 21.3. The third-order valence-electron chi connectivity index (χ3n) is 8.73. The Bertz CT molecular complexity index is 1260. The van der Waals surface area contributed by atoms with Crippen LogP contribution in [0.3, 0.4) is 0 Å². The smallest absolute Gasteiger partial charge is 0.229 e. The summed E-state index contributed by atoms with van der Waals surface area (Å²) in [6.07, 6.45) is 6.74. The lowest BCUT2D eigenvalue weighted by molar-refractivity contribution is -0.136. The second-order valence-corrected chi connectivity index (χ2v) is 10.9. The molecule has 3 aromatic rings. The molecule has 1 saturated carbocycles. The summed E-state index contributed by atoms with van der Waals surface area (Å²) in [5, 5.41) is 11.9. The fraction of sp³-hybridized carbons (Fsp3) is 0.517. The van der Waals surface area contributed by atoms with Crippen molar-refractivity contribution in [3.05, 3.63) is 59.5 Å². The van der Waals surface area contributed by atoms with Crippen LogP contribution >= 0.6 is 0 Å². The summed E-state index contributed by atoms with van der Waals surface area (Å²) in [6, 6.07) is 11.6. The topological polar surface area (TPSA) is 70.8 Å². The van der Waals surface area contributed by atoms with Crippen molar-refractivity contribution in [3.8, 4) is 5.75 Å². The van der Waals surface area contributed by atoms with E-state index in [0.29, 0.717) is 6.54 Å². The van der Waals surface area contributed by atoms with Crippen LogP contribution in [0.15, 0.2) is 42.6 Å². The van der Waals surface area contributed by atoms with Gasteiger partial charge in [-0.05, 0) is 74.5 Å². The van der Waals surface area contributed by atoms with Crippen LogP contribution in [0, 0.1) is 5.92 Å². The van der Waals surface area contributed by atoms with Crippen molar-refractivity contribution in [2.24, 2.45) is 13.0 Å². The van der Waals surface area contributed by atoms with Crippen molar-refractivity contribution in [2.45, 2.75) is 43.6 Å². The van der Waals surface area contributed by atoms with E-state index in [0.717, 1.165) is 54.5 Å². The first-order chi connectivity index (χ1) is 17.5. The van der Waals surface area contributed by atoms with Crippen molar-refractivity contribution < 1.29 is 14.6 Å². The van der Waals surface area contributed by atoms with E-state index in [1.54, 1.807) is 13.3 Å². The first-order valence-electron chi connectivity index (χ1n) is 13.2. The van der Waals surface area contributed by atoms with Crippen LogP contribution in [-0.2, 0) is 23.7 Å². The van der Waals surface area contributed by atoms with Crippen LogP contribution < -0.4 is 4.74 Å². The molecule has 1 saturated heterocycles. The van der Waals surface area contributed by atoms with E-state index in [1.165, 1.54) is 30.3 Å². The molecule has 6 rings (SSSR count). The minimum Gasteiger partial charge on any atom is -0.497 e. The predicted molar refractivity (Wildman–Crippen MR) is 139 cm³/mol. The van der Waals surface area contributed by atoms with Gasteiger partial charge in [0.2, 0.25) is 5.91 Å². The predicted octanol–water partition coefficient (Wildman–Crippen LogP) is 3.44. The molecule has 3 aliphatic rings. The van der Waals surface area contributed by atoms with Crippen LogP contribution in [0.1, 0.15) is 48.7 Å². The Morgan fingerprint density at radius 2 is 2.00 bits per heavy atom. The van der Waals surface area contributed by atoms with E-state index >= 15 is 0 Å². The number of carbonyl (C=O) groups excluding carboxylic acids is 1. The van der Waals surface area contributed by atoms with Gasteiger partial charge in [-0.25, -0.2) is 0 Å². The molecule has 7 heteroatoms. The maximum absolute atomic E-state index is 13.8. The number of aromatic nitrogens is 2. The lowest BCUT2D eigenvalue weighted by atomic mass is 9.68. The van der Waals surface area contributed by atoms with Crippen LogP contribution in [-0.4, -0.2) is 70.3 Å². The highest BCUT2D eigenvalue weighted by Gasteiger charge is 2.49. The number of likely N-dealkylation sites (tertiary alicyclic amines) is 1. The number of aliphatic hydroxyl groups is 1. The second-order valence-electron chi connectivity index (χ2n) is 10.9. The van der Waals surface area contributed by atoms with Gasteiger partial charge in [-0.15, -0.1) is 0 Å². The average Bonchev–Trinajstić information content (AvgIpc) is 3.68. The highest BCUT2D eigenvalue weighted by Crippen LogP contribution is 2.50. The van der Waals surface area contributed by atoms with Gasteiger partial charge in [-0.2, -0.15) is 0 Å². The summed E-state index contributed by atoms with van der Waals surface area (Å²) in [7, 11) is 3.75. The number of hydrogen-bond acceptors (Lipinski definition) is 5. The molecule has 190 valence electrons. The normalized spacial score (nSPS) is 21.6. The van der Waals surface area contributed by atoms with Gasteiger partial charge in [0.05, 0.1) is 31.7 Å². The van der Waals surface area contributed by atoms with E-state index in [2.05, 4.69) is 33.6 Å². The number of ether oxygens (including phenoxy) is 1. The fourth-order valence-corrected chi connectivity index (χ4v) is 6.62. The number of benzene rings is 1. The molecule has 0 unspecified atom stereocenters. The summed E-state index contributed by atoms with van der Waals surface area (Å²) >= 11 is 0. The van der Waals surface area contributed by atoms with Gasteiger partial charge in [0.15, 0.2) is 0 Å². The number of pyridine rings is 1. The Hall–Kier alpha value is -2.90. The molecule has 1 aliphatic carbocycles. The minimum atomic E-state index is -0.380. The maximum atomic E-state index is 13.8. The fourth-order valence-electron chi connectivity index (χ4n) is 6.62. The van der Waals surface area contributed by atoms with Crippen molar-refractivity contribution in [1.82, 2.24) is 19.4 Å². The quantitative estimate of drug-likeness (QED) is 0.576. The number of nitrogens with zero attached hydrogens (tertiary/aromatic N) is 4. The zero-order chi connectivity index (χ0) is 24.9. The largest absolute Gasteiger partial charge is 0.497 e. The number of aliphatic hydroxyl groups excluding tert-OH is 1. The monoisotopic (exact) mass is 488 g/mol. The van der Waals surface area contributed by atoms with Crippen LogP contribution in [0.25, 0.3) is 10.9 Å². The zero-order valence-corrected chi connectivity index (χ0v) is 21.3. The number of methoxy groups -OCH3 is 1. The number of fused-ring (bicyclic) bond motifs is 4. The Morgan fingerprint density at radius 1 is 1.19 bits per heavy atom. The van der Waals surface area contributed by atoms with Gasteiger partial charge >= 0.3 is 0 Å². The number of rotatable bonds is 6. The van der Waals surface area contributed by atoms with Crippen LogP contribution in [0.5, 0.6) is 5.75 Å². The van der Waals surface area contributed by atoms with E-state index in [9.17, 15) is 9.90 Å². The summed E-state index contributed by atoms with van der Waals surface area (Å²) in [4.78, 5) is 22.7. The summed E-state index contributed by atoms with van der Waals surface area (Å²) in [6.45, 7) is 3.84. The molecule has 1 aromatic carbocycles. The third kappa shape index (κ3) is 3.98. The number of piperidine rings is 1. The highest BCUT2D eigenvalue weighted by molar-refractivity contribution is 5.90. The average molecular weight is 489 g/mol. The van der Waals surface area contributed by atoms with Gasteiger partial charge in [-0.3, -0.25) is 9.78 Å². The first-order valence-corrected chi connectivity index (χ1v) is 13.2. The molecule has 7 nitrogen and oxygen atoms in total. The molecule has 1 N–H and O–H groups in total. The molecule has 2 aliphatic heterocycles. The number of aryl methyl sites for hydroxylation is 1. The van der Waals surface area contributed by atoms with Crippen molar-refractivity contribution >= 4 is 16.8 Å². The Labute approximate surface area is 212 Å². The number of carbonyl (C=O) groups is 1. The number of hydrogen-bond donors (Lipinski definition) is 1. The molecular weight excluding hydrogens is 452 g/mol. The molecule has 1 amide bonds. The molecule has 2 aromatic heterocycles. The van der Waals surface area contributed by atoms with Gasteiger partial charge in [0.1, 0.15) is 5.75 Å². The summed E-state index contributed by atoms with van der Waals surface area (Å²) in [5.74, 6) is 1.72. The molecule has 0 radical (unpaired) electrons. The standard InChI is InChI=1S/C29H36N4O3/c1-31-24-16-22(36-2)8-9-23(24)27-28(31)25(18-34)33(26(35)15-21-5-3-4-12-30-21)19-29(27)10-13-32(14-11-29)17-20-6-7-20/h3-5,8-9,12,16,20,25,34H,6-7,10-11,13-15,17-19H2,1-2H3/t25-/m0/s1. The lowest BCUT2D eigenvalue weighted by Gasteiger charge is -2.50. The molecule has 36 heavy (non-hydrogen) atoms. The summed E-state index contributed by atoms with van der Waals surface area (Å²) < 4.78 is 7.73. The van der Waals surface area contributed by atoms with Crippen LogP contribution in [0.2, 0.25) is 0 Å². The maximum Gasteiger partial charge on any atom is 0.229 e. The molecule has 1 atom stereocenters. The van der Waals surface area contributed by atoms with Crippen molar-refractivity contribution in [3.63, 3.8) is 0 Å². The second kappa shape index (κ2) is 9.20. The van der Waals surface area contributed by atoms with Crippen molar-refractivity contribution in [2.75, 3.05) is 39.9 Å². The van der Waals surface area contributed by atoms with Gasteiger partial charge in [-0.1, -0.05) is 6.07 Å². The molecule has 0 bridgehead atoms. The van der Waals surface area contributed by atoms with E-state index in [-0.39, 0.29) is 30.4 Å². The summed E-state index contributed by atoms with van der Waals surface area (Å²) in [5.41, 5.74) is 4.12. The van der Waals surface area contributed by atoms with Gasteiger partial charge in [0.25, 0.3) is 0 Å². The van der Waals surface area contributed by atoms with Gasteiger partial charge < -0.3 is 24.2 Å². The lowest BCUT2D eigenvalue weighted by Crippen LogP contribution is -2.56.